The van der Waals surface area contributed by atoms with E-state index in [1.807, 2.05) is 0 Å². The summed E-state index contributed by atoms with van der Waals surface area (Å²) in [6, 6.07) is 4.12. The molecular weight excluding hydrogens is 382 g/mol. The number of hydrogen-bond acceptors (Lipinski definition) is 3. The summed E-state index contributed by atoms with van der Waals surface area (Å²) >= 11 is -0.246. The first-order valence-electron chi connectivity index (χ1n) is 6.45. The maximum absolute atomic E-state index is 13.3. The summed E-state index contributed by atoms with van der Waals surface area (Å²) in [5.74, 6) is 0. The number of benzene rings is 1. The second-order valence-electron chi connectivity index (χ2n) is 4.68. The Hall–Kier alpha value is -0.280. The lowest BCUT2D eigenvalue weighted by atomic mass is 10.1. The topological polar surface area (TPSA) is 15.3 Å². The molecule has 2 nitrogen and oxygen atoms in total. The van der Waals surface area contributed by atoms with Crippen LogP contribution in [0.3, 0.4) is 0 Å². The van der Waals surface area contributed by atoms with Crippen LogP contribution in [0, 0.1) is 0 Å². The van der Waals surface area contributed by atoms with Crippen molar-refractivity contribution >= 4 is 36.6 Å². The lowest BCUT2D eigenvalue weighted by Crippen LogP contribution is -2.46. The van der Waals surface area contributed by atoms with Crippen LogP contribution in [-0.4, -0.2) is 43.0 Å². The molecule has 0 aromatic heterocycles. The average Bonchev–Trinajstić information content (AvgIpc) is 2.40. The predicted octanol–water partition coefficient (Wildman–Crippen LogP) is 4.35. The van der Waals surface area contributed by atoms with Gasteiger partial charge in [-0.25, -0.2) is 8.78 Å². The van der Waals surface area contributed by atoms with Gasteiger partial charge in [0.05, 0.1) is 6.04 Å². The number of piperazine rings is 1. The third-order valence-corrected chi connectivity index (χ3v) is 3.98. The van der Waals surface area contributed by atoms with E-state index in [2.05, 4.69) is 5.32 Å². The van der Waals surface area contributed by atoms with Crippen LogP contribution >= 0.6 is 36.6 Å². The Kier molecular flexibility index (Phi) is 9.76. The standard InChI is InChI=1S/C13H15F5N2S.2ClH/c14-12(15)11(20-7-5-19-6-8-20)9-1-3-10(4-2-9)21-13(16,17)18;;/h1-4,11-12,19H,5-8H2;2*1H/t11-;;/m1../s1. The van der Waals surface area contributed by atoms with Crippen LogP contribution in [0.2, 0.25) is 0 Å². The van der Waals surface area contributed by atoms with Crippen molar-refractivity contribution in [3.05, 3.63) is 29.8 Å². The Morgan fingerprint density at radius 1 is 1.00 bits per heavy atom. The zero-order valence-corrected chi connectivity index (χ0v) is 14.3. The first kappa shape index (κ1) is 22.7. The Balaban J connectivity index is 0.00000242. The van der Waals surface area contributed by atoms with Gasteiger partial charge in [0.25, 0.3) is 6.43 Å². The van der Waals surface area contributed by atoms with Crippen molar-refractivity contribution in [2.75, 3.05) is 26.2 Å². The van der Waals surface area contributed by atoms with Gasteiger partial charge in [-0.15, -0.1) is 24.8 Å². The molecule has 0 unspecified atom stereocenters. The molecule has 1 aromatic rings. The maximum Gasteiger partial charge on any atom is 0.446 e. The molecule has 0 spiro atoms. The fourth-order valence-electron chi connectivity index (χ4n) is 2.34. The highest BCUT2D eigenvalue weighted by Gasteiger charge is 2.31. The molecule has 0 radical (unpaired) electrons. The molecule has 1 aromatic carbocycles. The van der Waals surface area contributed by atoms with Crippen LogP contribution in [-0.2, 0) is 0 Å². The zero-order valence-electron chi connectivity index (χ0n) is 11.9. The van der Waals surface area contributed by atoms with E-state index in [9.17, 15) is 22.0 Å². The maximum atomic E-state index is 13.3. The minimum absolute atomic E-state index is 0. The van der Waals surface area contributed by atoms with E-state index < -0.39 is 18.0 Å². The molecule has 1 aliphatic heterocycles. The first-order chi connectivity index (χ1) is 9.87. The molecule has 0 aliphatic carbocycles. The van der Waals surface area contributed by atoms with Crippen LogP contribution in [0.25, 0.3) is 0 Å². The molecule has 1 atom stereocenters. The van der Waals surface area contributed by atoms with Crippen molar-refractivity contribution < 1.29 is 22.0 Å². The smallest absolute Gasteiger partial charge is 0.314 e. The number of nitrogens with one attached hydrogen (secondary N) is 1. The highest BCUT2D eigenvalue weighted by molar-refractivity contribution is 8.00. The molecular formula is C13H17Cl2F5N2S. The van der Waals surface area contributed by atoms with Crippen molar-refractivity contribution in [3.63, 3.8) is 0 Å². The number of nitrogens with zero attached hydrogens (tertiary/aromatic N) is 1. The summed E-state index contributed by atoms with van der Waals surface area (Å²) in [6.07, 6.45) is -2.58. The number of halogens is 7. The summed E-state index contributed by atoms with van der Waals surface area (Å²) in [6.45, 7) is 2.25. The molecule has 23 heavy (non-hydrogen) atoms. The van der Waals surface area contributed by atoms with E-state index in [0.29, 0.717) is 31.7 Å². The minimum Gasteiger partial charge on any atom is -0.314 e. The Labute approximate surface area is 148 Å². The summed E-state index contributed by atoms with van der Waals surface area (Å²) in [7, 11) is 0. The summed E-state index contributed by atoms with van der Waals surface area (Å²) in [4.78, 5) is 1.66. The number of alkyl halides is 5. The van der Waals surface area contributed by atoms with Gasteiger partial charge in [-0.05, 0) is 29.5 Å². The normalized spacial score (nSPS) is 17.3. The van der Waals surface area contributed by atoms with Gasteiger partial charge in [-0.2, -0.15) is 13.2 Å². The van der Waals surface area contributed by atoms with Crippen molar-refractivity contribution in [2.45, 2.75) is 22.9 Å². The van der Waals surface area contributed by atoms with Gasteiger partial charge in [0, 0.05) is 31.1 Å². The number of thioether (sulfide) groups is 1. The van der Waals surface area contributed by atoms with E-state index in [1.165, 1.54) is 24.3 Å². The van der Waals surface area contributed by atoms with Gasteiger partial charge in [0.1, 0.15) is 0 Å². The summed E-state index contributed by atoms with van der Waals surface area (Å²) < 4.78 is 63.3. The van der Waals surface area contributed by atoms with E-state index in [-0.39, 0.29) is 41.5 Å². The third kappa shape index (κ3) is 7.01. The van der Waals surface area contributed by atoms with Crippen LogP contribution in [0.4, 0.5) is 22.0 Å². The largest absolute Gasteiger partial charge is 0.446 e. The zero-order chi connectivity index (χ0) is 15.5. The first-order valence-corrected chi connectivity index (χ1v) is 7.27. The molecule has 2 rings (SSSR count). The molecule has 1 aliphatic rings. The quantitative estimate of drug-likeness (QED) is 0.599. The van der Waals surface area contributed by atoms with Gasteiger partial charge in [-0.3, -0.25) is 4.90 Å². The van der Waals surface area contributed by atoms with E-state index in [0.717, 1.165) is 0 Å². The molecule has 10 heteroatoms. The molecule has 1 fully saturated rings. The lowest BCUT2D eigenvalue weighted by Gasteiger charge is -2.34. The second-order valence-corrected chi connectivity index (χ2v) is 5.82. The highest BCUT2D eigenvalue weighted by atomic mass is 35.5. The average molecular weight is 399 g/mol. The number of hydrogen-bond donors (Lipinski definition) is 1. The van der Waals surface area contributed by atoms with E-state index >= 15 is 0 Å². The van der Waals surface area contributed by atoms with Crippen molar-refractivity contribution in [1.29, 1.82) is 0 Å². The van der Waals surface area contributed by atoms with Crippen molar-refractivity contribution in [3.8, 4) is 0 Å². The molecule has 0 amide bonds. The van der Waals surface area contributed by atoms with Crippen LogP contribution < -0.4 is 5.32 Å². The SMILES string of the molecule is Cl.Cl.FC(F)[C@@H](c1ccc(SC(F)(F)F)cc1)N1CCNCC1. The van der Waals surface area contributed by atoms with Crippen molar-refractivity contribution in [2.24, 2.45) is 0 Å². The van der Waals surface area contributed by atoms with E-state index in [1.54, 1.807) is 4.90 Å². The Bertz CT molecular complexity index is 453. The van der Waals surface area contributed by atoms with E-state index in [4.69, 9.17) is 0 Å². The second kappa shape index (κ2) is 9.88. The van der Waals surface area contributed by atoms with Crippen LogP contribution in [0.1, 0.15) is 11.6 Å². The monoisotopic (exact) mass is 398 g/mol. The molecule has 1 N–H and O–H groups in total. The summed E-state index contributed by atoms with van der Waals surface area (Å²) in [5.41, 5.74) is -4.03. The van der Waals surface area contributed by atoms with Crippen LogP contribution in [0.15, 0.2) is 29.2 Å². The molecule has 1 heterocycles. The summed E-state index contributed by atoms with van der Waals surface area (Å²) in [5, 5.41) is 3.08. The fourth-order valence-corrected chi connectivity index (χ4v) is 2.88. The predicted molar refractivity (Wildman–Crippen MR) is 86.0 cm³/mol. The van der Waals surface area contributed by atoms with Crippen molar-refractivity contribution in [1.82, 2.24) is 10.2 Å². The van der Waals surface area contributed by atoms with Gasteiger partial charge >= 0.3 is 5.51 Å². The minimum atomic E-state index is -4.37. The van der Waals surface area contributed by atoms with Gasteiger partial charge in [-0.1, -0.05) is 12.1 Å². The molecule has 0 bridgehead atoms. The highest BCUT2D eigenvalue weighted by Crippen LogP contribution is 2.37. The van der Waals surface area contributed by atoms with Crippen LogP contribution in [0.5, 0.6) is 0 Å². The molecule has 0 saturated carbocycles. The molecule has 1 saturated heterocycles. The van der Waals surface area contributed by atoms with Gasteiger partial charge < -0.3 is 5.32 Å². The number of rotatable bonds is 4. The lowest BCUT2D eigenvalue weighted by molar-refractivity contribution is -0.0328. The van der Waals surface area contributed by atoms with Gasteiger partial charge in [0.2, 0.25) is 0 Å². The third-order valence-electron chi connectivity index (χ3n) is 3.24. The Morgan fingerprint density at radius 3 is 1.96 bits per heavy atom. The Morgan fingerprint density at radius 2 is 1.52 bits per heavy atom. The van der Waals surface area contributed by atoms with Gasteiger partial charge in [0.15, 0.2) is 0 Å². The molecule has 134 valence electrons. The fraction of sp³-hybridized carbons (Fsp3) is 0.538.